The standard InChI is InChI=1S/C15H20N4O2/c1-4-8-19-10-12(9-16-19)21-15(20)13-6-5-7-14(18-13)17-11(2)3/h5-7,9-11H,4,8H2,1-3H3,(H,17,18). The van der Waals surface area contributed by atoms with Crippen molar-refractivity contribution in [1.82, 2.24) is 14.8 Å². The molecule has 6 nitrogen and oxygen atoms in total. The van der Waals surface area contributed by atoms with Gasteiger partial charge in [-0.25, -0.2) is 9.78 Å². The molecule has 6 heteroatoms. The summed E-state index contributed by atoms with van der Waals surface area (Å²) in [6.07, 6.45) is 4.21. The molecule has 0 unspecified atom stereocenters. The van der Waals surface area contributed by atoms with Crippen LogP contribution in [0, 0.1) is 0 Å². The molecular weight excluding hydrogens is 268 g/mol. The van der Waals surface area contributed by atoms with Crippen molar-refractivity contribution in [1.29, 1.82) is 0 Å². The molecule has 0 aliphatic heterocycles. The van der Waals surface area contributed by atoms with E-state index in [1.54, 1.807) is 23.0 Å². The topological polar surface area (TPSA) is 69.0 Å². The third-order valence-corrected chi connectivity index (χ3v) is 2.67. The highest BCUT2D eigenvalue weighted by Crippen LogP contribution is 2.12. The summed E-state index contributed by atoms with van der Waals surface area (Å²) in [5, 5.41) is 7.27. The minimum atomic E-state index is -0.488. The van der Waals surface area contributed by atoms with Crippen molar-refractivity contribution in [3.8, 4) is 5.75 Å². The van der Waals surface area contributed by atoms with Gasteiger partial charge in [-0.2, -0.15) is 5.10 Å². The summed E-state index contributed by atoms with van der Waals surface area (Å²) >= 11 is 0. The Morgan fingerprint density at radius 2 is 2.24 bits per heavy atom. The van der Waals surface area contributed by atoms with Crippen molar-refractivity contribution in [2.75, 3.05) is 5.32 Å². The zero-order valence-corrected chi connectivity index (χ0v) is 12.5. The molecular formula is C15H20N4O2. The van der Waals surface area contributed by atoms with Crippen LogP contribution in [-0.4, -0.2) is 26.8 Å². The maximum atomic E-state index is 12.1. The summed E-state index contributed by atoms with van der Waals surface area (Å²) in [5.74, 6) is 0.594. The highest BCUT2D eigenvalue weighted by atomic mass is 16.5. The van der Waals surface area contributed by atoms with Crippen LogP contribution >= 0.6 is 0 Å². The molecule has 2 rings (SSSR count). The summed E-state index contributed by atoms with van der Waals surface area (Å²) in [6.45, 7) is 6.87. The molecule has 21 heavy (non-hydrogen) atoms. The summed E-state index contributed by atoms with van der Waals surface area (Å²) in [7, 11) is 0. The Kier molecular flexibility index (Phi) is 4.92. The molecule has 0 aliphatic carbocycles. The maximum Gasteiger partial charge on any atom is 0.362 e. The molecule has 1 N–H and O–H groups in total. The second-order valence-corrected chi connectivity index (χ2v) is 5.04. The summed E-state index contributed by atoms with van der Waals surface area (Å²) < 4.78 is 7.02. The third kappa shape index (κ3) is 4.30. The van der Waals surface area contributed by atoms with E-state index in [0.29, 0.717) is 11.6 Å². The van der Waals surface area contributed by atoms with Gasteiger partial charge in [0.2, 0.25) is 0 Å². The monoisotopic (exact) mass is 288 g/mol. The fourth-order valence-corrected chi connectivity index (χ4v) is 1.83. The Labute approximate surface area is 124 Å². The van der Waals surface area contributed by atoms with Gasteiger partial charge in [-0.3, -0.25) is 4.68 Å². The Balaban J connectivity index is 2.05. The fraction of sp³-hybridized carbons (Fsp3) is 0.400. The van der Waals surface area contributed by atoms with E-state index in [-0.39, 0.29) is 11.7 Å². The minimum absolute atomic E-state index is 0.246. The first kappa shape index (κ1) is 15.0. The number of pyridine rings is 1. The van der Waals surface area contributed by atoms with Gasteiger partial charge in [0.25, 0.3) is 0 Å². The maximum absolute atomic E-state index is 12.1. The van der Waals surface area contributed by atoms with Crippen LogP contribution < -0.4 is 10.1 Å². The van der Waals surface area contributed by atoms with Gasteiger partial charge >= 0.3 is 5.97 Å². The average Bonchev–Trinajstić information content (AvgIpc) is 2.86. The van der Waals surface area contributed by atoms with Crippen molar-refractivity contribution in [2.45, 2.75) is 39.8 Å². The summed E-state index contributed by atoms with van der Waals surface area (Å²) in [6, 6.07) is 5.46. The first-order valence-corrected chi connectivity index (χ1v) is 7.06. The minimum Gasteiger partial charge on any atom is -0.418 e. The highest BCUT2D eigenvalue weighted by Gasteiger charge is 2.12. The highest BCUT2D eigenvalue weighted by molar-refractivity contribution is 5.89. The lowest BCUT2D eigenvalue weighted by molar-refractivity contribution is 0.0728. The Bertz CT molecular complexity index is 607. The van der Waals surface area contributed by atoms with Gasteiger partial charge in [0, 0.05) is 12.6 Å². The molecule has 0 aromatic carbocycles. The number of carbonyl (C=O) groups is 1. The molecule has 0 amide bonds. The zero-order chi connectivity index (χ0) is 15.2. The largest absolute Gasteiger partial charge is 0.418 e. The number of rotatable bonds is 6. The van der Waals surface area contributed by atoms with Crippen LogP contribution in [0.4, 0.5) is 5.82 Å². The van der Waals surface area contributed by atoms with Crippen molar-refractivity contribution < 1.29 is 9.53 Å². The molecule has 112 valence electrons. The number of carbonyl (C=O) groups excluding carboxylic acids is 1. The molecule has 0 atom stereocenters. The first-order chi connectivity index (χ1) is 10.1. The second kappa shape index (κ2) is 6.88. The summed E-state index contributed by atoms with van der Waals surface area (Å²) in [4.78, 5) is 16.3. The number of ether oxygens (including phenoxy) is 1. The quantitative estimate of drug-likeness (QED) is 0.828. The van der Waals surface area contributed by atoms with E-state index in [4.69, 9.17) is 4.74 Å². The van der Waals surface area contributed by atoms with Gasteiger partial charge in [0.05, 0.1) is 12.4 Å². The van der Waals surface area contributed by atoms with E-state index < -0.39 is 5.97 Å². The van der Waals surface area contributed by atoms with Crippen molar-refractivity contribution in [2.24, 2.45) is 0 Å². The number of aryl methyl sites for hydroxylation is 1. The van der Waals surface area contributed by atoms with Gasteiger partial charge in [0.15, 0.2) is 11.4 Å². The van der Waals surface area contributed by atoms with E-state index in [1.165, 1.54) is 6.20 Å². The van der Waals surface area contributed by atoms with Crippen LogP contribution in [-0.2, 0) is 6.54 Å². The molecule has 0 spiro atoms. The van der Waals surface area contributed by atoms with E-state index >= 15 is 0 Å². The van der Waals surface area contributed by atoms with E-state index in [2.05, 4.69) is 22.3 Å². The smallest absolute Gasteiger partial charge is 0.362 e. The molecule has 2 aromatic rings. The normalized spacial score (nSPS) is 10.7. The van der Waals surface area contributed by atoms with Gasteiger partial charge in [0.1, 0.15) is 5.82 Å². The lowest BCUT2D eigenvalue weighted by Crippen LogP contribution is -2.14. The van der Waals surface area contributed by atoms with Crippen molar-refractivity contribution in [3.05, 3.63) is 36.3 Å². The summed E-state index contributed by atoms with van der Waals surface area (Å²) in [5.41, 5.74) is 0.267. The first-order valence-electron chi connectivity index (χ1n) is 7.06. The molecule has 0 saturated heterocycles. The number of nitrogens with one attached hydrogen (secondary N) is 1. The van der Waals surface area contributed by atoms with Gasteiger partial charge in [-0.05, 0) is 32.4 Å². The van der Waals surface area contributed by atoms with Crippen LogP contribution in [0.5, 0.6) is 5.75 Å². The van der Waals surface area contributed by atoms with Crippen molar-refractivity contribution in [3.63, 3.8) is 0 Å². The number of nitrogens with zero attached hydrogens (tertiary/aromatic N) is 3. The zero-order valence-electron chi connectivity index (χ0n) is 12.5. The molecule has 0 aliphatic rings. The van der Waals surface area contributed by atoms with Crippen LogP contribution in [0.15, 0.2) is 30.6 Å². The second-order valence-electron chi connectivity index (χ2n) is 5.04. The predicted octanol–water partition coefficient (Wildman–Crippen LogP) is 2.73. The van der Waals surface area contributed by atoms with Crippen LogP contribution in [0.25, 0.3) is 0 Å². The average molecular weight is 288 g/mol. The molecule has 0 fully saturated rings. The Morgan fingerprint density at radius 3 is 2.95 bits per heavy atom. The van der Waals surface area contributed by atoms with Crippen LogP contribution in [0.2, 0.25) is 0 Å². The van der Waals surface area contributed by atoms with E-state index in [9.17, 15) is 4.79 Å². The van der Waals surface area contributed by atoms with E-state index in [0.717, 1.165) is 13.0 Å². The lowest BCUT2D eigenvalue weighted by Gasteiger charge is -2.09. The number of hydrogen-bond donors (Lipinski definition) is 1. The van der Waals surface area contributed by atoms with Crippen molar-refractivity contribution >= 4 is 11.8 Å². The third-order valence-electron chi connectivity index (χ3n) is 2.67. The van der Waals surface area contributed by atoms with Gasteiger partial charge in [-0.1, -0.05) is 13.0 Å². The number of aromatic nitrogens is 3. The number of anilines is 1. The Hall–Kier alpha value is -2.37. The molecule has 2 heterocycles. The number of hydrogen-bond acceptors (Lipinski definition) is 5. The van der Waals surface area contributed by atoms with Crippen LogP contribution in [0.3, 0.4) is 0 Å². The SMILES string of the molecule is CCCn1cc(OC(=O)c2cccc(NC(C)C)n2)cn1. The van der Waals surface area contributed by atoms with Crippen LogP contribution in [0.1, 0.15) is 37.7 Å². The molecule has 0 bridgehead atoms. The van der Waals surface area contributed by atoms with Gasteiger partial charge in [-0.15, -0.1) is 0 Å². The molecule has 0 saturated carbocycles. The molecule has 0 radical (unpaired) electrons. The Morgan fingerprint density at radius 1 is 1.43 bits per heavy atom. The predicted molar refractivity (Wildman–Crippen MR) is 80.5 cm³/mol. The lowest BCUT2D eigenvalue weighted by atomic mass is 10.3. The molecule has 2 aromatic heterocycles. The number of esters is 1. The van der Waals surface area contributed by atoms with Gasteiger partial charge < -0.3 is 10.1 Å². The fourth-order valence-electron chi connectivity index (χ4n) is 1.83. The van der Waals surface area contributed by atoms with E-state index in [1.807, 2.05) is 19.9 Å².